The van der Waals surface area contributed by atoms with Gasteiger partial charge in [-0.25, -0.2) is 0 Å². The van der Waals surface area contributed by atoms with E-state index in [0.717, 1.165) is 96.3 Å². The second kappa shape index (κ2) is 45.8. The van der Waals surface area contributed by atoms with Gasteiger partial charge in [0.2, 0.25) is 0 Å². The van der Waals surface area contributed by atoms with Gasteiger partial charge in [-0.05, 0) is 83.5 Å². The summed E-state index contributed by atoms with van der Waals surface area (Å²) in [6.45, 7) is 4.34. The number of nitrogens with zero attached hydrogens (tertiary/aromatic N) is 1. The van der Waals surface area contributed by atoms with E-state index in [0.29, 0.717) is 12.8 Å². The molecule has 0 aromatic carbocycles. The molecule has 2 unspecified atom stereocenters. The molecule has 8 heteroatoms. The summed E-state index contributed by atoms with van der Waals surface area (Å²) >= 11 is 0. The zero-order valence-electron chi connectivity index (χ0n) is 41.1. The Bertz CT molecular complexity index is 1560. The molecule has 0 aliphatic heterocycles. The maximum atomic E-state index is 12.8. The van der Waals surface area contributed by atoms with Crippen molar-refractivity contribution in [2.75, 3.05) is 41.0 Å². The number of unbranched alkanes of at least 4 members (excludes halogenated alkanes) is 7. The Balaban J connectivity index is 4.48. The van der Waals surface area contributed by atoms with Crippen molar-refractivity contribution in [1.29, 1.82) is 0 Å². The van der Waals surface area contributed by atoms with Crippen LogP contribution in [-0.2, 0) is 28.6 Å². The van der Waals surface area contributed by atoms with Crippen LogP contribution in [0.1, 0.15) is 142 Å². The van der Waals surface area contributed by atoms with Gasteiger partial charge in [0, 0.05) is 19.3 Å². The van der Waals surface area contributed by atoms with Crippen LogP contribution in [0.5, 0.6) is 0 Å². The number of esters is 2. The number of hydrogen-bond donors (Lipinski definition) is 0. The average molecular weight is 898 g/mol. The molecule has 0 fully saturated rings. The van der Waals surface area contributed by atoms with E-state index < -0.39 is 18.1 Å². The van der Waals surface area contributed by atoms with Crippen LogP contribution in [0.15, 0.2) is 146 Å². The van der Waals surface area contributed by atoms with E-state index in [1.165, 1.54) is 0 Å². The van der Waals surface area contributed by atoms with E-state index in [9.17, 15) is 19.5 Å². The van der Waals surface area contributed by atoms with Gasteiger partial charge in [-0.2, -0.15) is 0 Å². The lowest BCUT2D eigenvalue weighted by molar-refractivity contribution is -0.889. The summed E-state index contributed by atoms with van der Waals surface area (Å²) in [5.74, 6) is -1.87. The van der Waals surface area contributed by atoms with Crippen LogP contribution in [-0.4, -0.2) is 75.5 Å². The summed E-state index contributed by atoms with van der Waals surface area (Å²) < 4.78 is 17.1. The molecule has 0 aromatic heterocycles. The molecule has 8 nitrogen and oxygen atoms in total. The molecule has 0 saturated heterocycles. The fourth-order valence-corrected chi connectivity index (χ4v) is 6.09. The SMILES string of the molecule is CC/C=C/C/C=C/C/C=C/C/C=C/C/C=C/C/C=C/C/C=C/CCCC(=O)OCC(COCCC(C(=O)[O-])[N+](C)(C)C)OC(=O)CCCCCCC/C=C/C=C/C=C/C=C/C=C/CCC. The Hall–Kier alpha value is -4.79. The minimum atomic E-state index is -1.14. The van der Waals surface area contributed by atoms with Crippen molar-refractivity contribution in [2.24, 2.45) is 0 Å². The molecule has 2 atom stereocenters. The number of hydrogen-bond acceptors (Lipinski definition) is 7. The van der Waals surface area contributed by atoms with E-state index in [1.807, 2.05) is 36.5 Å². The van der Waals surface area contributed by atoms with Crippen molar-refractivity contribution in [3.05, 3.63) is 146 Å². The predicted octanol–water partition coefficient (Wildman–Crippen LogP) is 12.8. The van der Waals surface area contributed by atoms with E-state index in [4.69, 9.17) is 14.2 Å². The molecule has 0 heterocycles. The van der Waals surface area contributed by atoms with Gasteiger partial charge in [-0.3, -0.25) is 9.59 Å². The number of ether oxygens (including phenoxy) is 3. The highest BCUT2D eigenvalue weighted by atomic mass is 16.6. The number of carbonyl (C=O) groups is 3. The fraction of sp³-hybridized carbons (Fsp3) is 0.526. The highest BCUT2D eigenvalue weighted by molar-refractivity contribution is 5.70. The van der Waals surface area contributed by atoms with Crippen molar-refractivity contribution in [2.45, 2.75) is 154 Å². The Morgan fingerprint density at radius 2 is 0.938 bits per heavy atom. The van der Waals surface area contributed by atoms with Crippen LogP contribution >= 0.6 is 0 Å². The van der Waals surface area contributed by atoms with Crippen LogP contribution in [0, 0.1) is 0 Å². The summed E-state index contributed by atoms with van der Waals surface area (Å²) in [5.41, 5.74) is 0. The third-order valence-corrected chi connectivity index (χ3v) is 9.82. The van der Waals surface area contributed by atoms with Crippen LogP contribution < -0.4 is 5.11 Å². The molecule has 0 rings (SSSR count). The molecular formula is C57H87NO7. The molecule has 0 aliphatic rings. The number of allylic oxidation sites excluding steroid dienone is 24. The van der Waals surface area contributed by atoms with Crippen molar-refractivity contribution in [3.63, 3.8) is 0 Å². The standard InChI is InChI=1S/C57H87NO7/c1-6-8-10-12-14-16-18-20-22-24-26-27-28-29-30-32-33-35-37-39-41-43-45-47-55(59)64-52-53(51-63-50-49-54(57(61)62)58(3,4)5)65-56(60)48-46-44-42-40-38-36-34-31-25-23-21-19-17-15-13-11-9-7-2/h8,10-11,13-17,19-23,25-27,29-31,33-35,39,41,53-54H,6-7,9,12,18,24,28,32,36-38,40,42-52H2,1-5H3/b10-8+,13-11+,16-14+,17-15+,21-19+,22-20+,25-23+,27-26+,30-29+,34-31+,35-33+,41-39+. The number of aliphatic carboxylic acids is 1. The van der Waals surface area contributed by atoms with Crippen LogP contribution in [0.4, 0.5) is 0 Å². The smallest absolute Gasteiger partial charge is 0.306 e. The van der Waals surface area contributed by atoms with Gasteiger partial charge in [0.05, 0.1) is 40.3 Å². The lowest BCUT2D eigenvalue weighted by atomic mass is 10.1. The maximum Gasteiger partial charge on any atom is 0.306 e. The highest BCUT2D eigenvalue weighted by Crippen LogP contribution is 2.12. The summed E-state index contributed by atoms with van der Waals surface area (Å²) in [7, 11) is 5.36. The molecule has 65 heavy (non-hydrogen) atoms. The zero-order chi connectivity index (χ0) is 47.7. The number of rotatable bonds is 41. The Kier molecular flexibility index (Phi) is 42.4. The first-order chi connectivity index (χ1) is 31.6. The van der Waals surface area contributed by atoms with Crippen LogP contribution in [0.25, 0.3) is 0 Å². The second-order valence-corrected chi connectivity index (χ2v) is 16.7. The monoisotopic (exact) mass is 898 g/mol. The van der Waals surface area contributed by atoms with Crippen molar-refractivity contribution in [1.82, 2.24) is 0 Å². The minimum absolute atomic E-state index is 0.0000296. The average Bonchev–Trinajstić information content (AvgIpc) is 3.27. The lowest BCUT2D eigenvalue weighted by Gasteiger charge is -2.34. The first-order valence-corrected chi connectivity index (χ1v) is 24.4. The highest BCUT2D eigenvalue weighted by Gasteiger charge is 2.25. The third-order valence-electron chi connectivity index (χ3n) is 9.82. The van der Waals surface area contributed by atoms with Gasteiger partial charge in [0.15, 0.2) is 6.10 Å². The largest absolute Gasteiger partial charge is 0.544 e. The number of quaternary nitrogens is 1. The summed E-state index contributed by atoms with van der Waals surface area (Å²) in [5, 5.41) is 11.7. The second-order valence-electron chi connectivity index (χ2n) is 16.7. The summed E-state index contributed by atoms with van der Waals surface area (Å²) in [6, 6.07) is -0.751. The fourth-order valence-electron chi connectivity index (χ4n) is 6.09. The van der Waals surface area contributed by atoms with Crippen molar-refractivity contribution in [3.8, 4) is 0 Å². The molecule has 0 saturated carbocycles. The zero-order valence-corrected chi connectivity index (χ0v) is 41.1. The number of likely N-dealkylation sites (N-methyl/N-ethyl adjacent to an activating group) is 1. The topological polar surface area (TPSA) is 102 Å². The molecule has 0 aliphatic carbocycles. The van der Waals surface area contributed by atoms with Gasteiger partial charge in [-0.15, -0.1) is 0 Å². The number of carbonyl (C=O) groups excluding carboxylic acids is 3. The Morgan fingerprint density at radius 3 is 1.45 bits per heavy atom. The maximum absolute atomic E-state index is 12.8. The Labute approximate surface area is 395 Å². The van der Waals surface area contributed by atoms with E-state index in [2.05, 4.69) is 123 Å². The summed E-state index contributed by atoms with van der Waals surface area (Å²) in [4.78, 5) is 37.0. The normalized spacial score (nSPS) is 14.2. The van der Waals surface area contributed by atoms with Crippen LogP contribution in [0.3, 0.4) is 0 Å². The third kappa shape index (κ3) is 44.2. The Morgan fingerprint density at radius 1 is 0.492 bits per heavy atom. The molecule has 0 N–H and O–H groups in total. The van der Waals surface area contributed by atoms with Gasteiger partial charge in [0.25, 0.3) is 0 Å². The van der Waals surface area contributed by atoms with Gasteiger partial charge in [0.1, 0.15) is 12.6 Å². The lowest BCUT2D eigenvalue weighted by Crippen LogP contribution is -2.55. The van der Waals surface area contributed by atoms with E-state index in [1.54, 1.807) is 21.1 Å². The molecule has 362 valence electrons. The van der Waals surface area contributed by atoms with Gasteiger partial charge >= 0.3 is 11.9 Å². The molecule has 0 radical (unpaired) electrons. The van der Waals surface area contributed by atoms with E-state index in [-0.39, 0.29) is 55.5 Å². The quantitative estimate of drug-likeness (QED) is 0.0198. The molecular weight excluding hydrogens is 811 g/mol. The number of carboxylic acid groups (broad SMARTS) is 1. The van der Waals surface area contributed by atoms with Crippen molar-refractivity contribution < 1.29 is 38.2 Å². The van der Waals surface area contributed by atoms with Crippen molar-refractivity contribution >= 4 is 17.9 Å². The first-order valence-electron chi connectivity index (χ1n) is 24.4. The molecule has 0 bridgehead atoms. The number of carboxylic acids is 1. The minimum Gasteiger partial charge on any atom is -0.544 e. The van der Waals surface area contributed by atoms with E-state index >= 15 is 0 Å². The summed E-state index contributed by atoms with van der Waals surface area (Å²) in [6.07, 6.45) is 67.3. The van der Waals surface area contributed by atoms with Crippen LogP contribution in [0.2, 0.25) is 0 Å². The molecule has 0 amide bonds. The first kappa shape index (κ1) is 60.2. The predicted molar refractivity (Wildman–Crippen MR) is 272 cm³/mol. The molecule has 0 aromatic rings. The van der Waals surface area contributed by atoms with Gasteiger partial charge < -0.3 is 28.6 Å². The van der Waals surface area contributed by atoms with Gasteiger partial charge in [-0.1, -0.05) is 185 Å². The molecule has 0 spiro atoms.